The van der Waals surface area contributed by atoms with Crippen LogP contribution in [0.25, 0.3) is 0 Å². The van der Waals surface area contributed by atoms with Crippen molar-refractivity contribution >= 4 is 27.4 Å². The third kappa shape index (κ3) is 4.36. The van der Waals surface area contributed by atoms with E-state index < -0.39 is 10.0 Å². The molecule has 0 atom stereocenters. The first kappa shape index (κ1) is 18.3. The number of hydrogen-bond donors (Lipinski definition) is 1. The summed E-state index contributed by atoms with van der Waals surface area (Å²) in [6.45, 7) is 2.84. The molecule has 3 aromatic rings. The van der Waals surface area contributed by atoms with Gasteiger partial charge in [-0.2, -0.15) is 5.10 Å². The van der Waals surface area contributed by atoms with Gasteiger partial charge >= 0.3 is 0 Å². The molecular formula is C18H18ClN3O3S. The molecule has 2 aromatic carbocycles. The van der Waals surface area contributed by atoms with Crippen LogP contribution in [0.1, 0.15) is 12.5 Å². The van der Waals surface area contributed by atoms with Crippen LogP contribution in [0.3, 0.4) is 0 Å². The predicted molar refractivity (Wildman–Crippen MR) is 101 cm³/mol. The molecule has 8 heteroatoms. The van der Waals surface area contributed by atoms with E-state index in [1.807, 2.05) is 25.1 Å². The number of anilines is 1. The summed E-state index contributed by atoms with van der Waals surface area (Å²) in [5, 5.41) is 4.89. The Morgan fingerprint density at radius 1 is 1.12 bits per heavy atom. The summed E-state index contributed by atoms with van der Waals surface area (Å²) in [6, 6.07) is 15.3. The van der Waals surface area contributed by atoms with Crippen molar-refractivity contribution in [3.05, 3.63) is 71.4 Å². The molecule has 0 amide bonds. The van der Waals surface area contributed by atoms with Crippen LogP contribution < -0.4 is 9.46 Å². The quantitative estimate of drug-likeness (QED) is 0.665. The normalized spacial score (nSPS) is 11.3. The van der Waals surface area contributed by atoms with Gasteiger partial charge < -0.3 is 4.74 Å². The van der Waals surface area contributed by atoms with E-state index in [1.54, 1.807) is 35.1 Å². The summed E-state index contributed by atoms with van der Waals surface area (Å²) in [7, 11) is -3.72. The fourth-order valence-corrected chi connectivity index (χ4v) is 3.58. The van der Waals surface area contributed by atoms with Crippen LogP contribution in [0, 0.1) is 0 Å². The summed E-state index contributed by atoms with van der Waals surface area (Å²) in [5.41, 5.74) is 0.901. The Bertz CT molecular complexity index is 985. The highest BCUT2D eigenvalue weighted by atomic mass is 35.5. The number of nitrogens with one attached hydrogen (secondary N) is 1. The number of rotatable bonds is 7. The number of benzene rings is 2. The highest BCUT2D eigenvalue weighted by Gasteiger charge is 2.16. The van der Waals surface area contributed by atoms with Crippen LogP contribution in [-0.4, -0.2) is 24.8 Å². The van der Waals surface area contributed by atoms with Gasteiger partial charge in [0.05, 0.1) is 18.0 Å². The van der Waals surface area contributed by atoms with Crippen molar-refractivity contribution in [2.24, 2.45) is 0 Å². The molecule has 0 bridgehead atoms. The van der Waals surface area contributed by atoms with Crippen molar-refractivity contribution in [1.82, 2.24) is 9.78 Å². The summed E-state index contributed by atoms with van der Waals surface area (Å²) in [6.07, 6.45) is 1.69. The minimum absolute atomic E-state index is 0.140. The number of halogens is 1. The first-order chi connectivity index (χ1) is 12.5. The molecule has 0 aliphatic rings. The molecule has 0 fully saturated rings. The van der Waals surface area contributed by atoms with Gasteiger partial charge in [0.1, 0.15) is 5.75 Å². The van der Waals surface area contributed by atoms with Gasteiger partial charge in [0.2, 0.25) is 0 Å². The van der Waals surface area contributed by atoms with Crippen molar-refractivity contribution in [3.8, 4) is 5.75 Å². The monoisotopic (exact) mass is 391 g/mol. The van der Waals surface area contributed by atoms with Crippen molar-refractivity contribution < 1.29 is 13.2 Å². The number of ether oxygens (including phenoxy) is 1. The number of sulfonamides is 1. The number of hydrogen-bond acceptors (Lipinski definition) is 4. The lowest BCUT2D eigenvalue weighted by molar-refractivity contribution is 0.340. The van der Waals surface area contributed by atoms with Crippen LogP contribution in [-0.2, 0) is 16.6 Å². The maximum absolute atomic E-state index is 12.5. The lowest BCUT2D eigenvalue weighted by atomic mass is 10.2. The number of aromatic nitrogens is 2. The SMILES string of the molecule is CCOc1ccc(S(=O)(=O)Nc2ccn(Cc3ccccc3Cl)n2)cc1. The van der Waals surface area contributed by atoms with Crippen molar-refractivity contribution in [2.75, 3.05) is 11.3 Å². The second kappa shape index (κ2) is 7.80. The first-order valence-electron chi connectivity index (χ1n) is 8.00. The summed E-state index contributed by atoms with van der Waals surface area (Å²) >= 11 is 6.14. The lowest BCUT2D eigenvalue weighted by Crippen LogP contribution is -2.13. The molecule has 1 aromatic heterocycles. The second-order valence-corrected chi connectivity index (χ2v) is 7.59. The molecule has 136 valence electrons. The topological polar surface area (TPSA) is 73.2 Å². The minimum Gasteiger partial charge on any atom is -0.494 e. The summed E-state index contributed by atoms with van der Waals surface area (Å²) < 4.78 is 34.4. The van der Waals surface area contributed by atoms with Crippen LogP contribution >= 0.6 is 11.6 Å². The Morgan fingerprint density at radius 2 is 1.85 bits per heavy atom. The van der Waals surface area contributed by atoms with E-state index >= 15 is 0 Å². The van der Waals surface area contributed by atoms with E-state index in [2.05, 4.69) is 9.82 Å². The van der Waals surface area contributed by atoms with Crippen LogP contribution in [0.2, 0.25) is 5.02 Å². The van der Waals surface area contributed by atoms with Gasteiger partial charge in [-0.05, 0) is 42.8 Å². The van der Waals surface area contributed by atoms with E-state index in [1.165, 1.54) is 12.1 Å². The molecule has 0 radical (unpaired) electrons. The molecular weight excluding hydrogens is 374 g/mol. The molecule has 0 spiro atoms. The van der Waals surface area contributed by atoms with E-state index in [0.29, 0.717) is 23.9 Å². The van der Waals surface area contributed by atoms with Crippen LogP contribution in [0.5, 0.6) is 5.75 Å². The average molecular weight is 392 g/mol. The fourth-order valence-electron chi connectivity index (χ4n) is 2.38. The summed E-state index contributed by atoms with van der Waals surface area (Å²) in [4.78, 5) is 0.140. The molecule has 0 saturated carbocycles. The van der Waals surface area contributed by atoms with Crippen molar-refractivity contribution in [3.63, 3.8) is 0 Å². The Hall–Kier alpha value is -2.51. The van der Waals surface area contributed by atoms with E-state index in [9.17, 15) is 8.42 Å². The van der Waals surface area contributed by atoms with Gasteiger partial charge in [0.25, 0.3) is 10.0 Å². The Morgan fingerprint density at radius 3 is 2.54 bits per heavy atom. The predicted octanol–water partition coefficient (Wildman–Crippen LogP) is 3.78. The Kier molecular flexibility index (Phi) is 5.49. The average Bonchev–Trinajstić information content (AvgIpc) is 3.04. The highest BCUT2D eigenvalue weighted by molar-refractivity contribution is 7.92. The van der Waals surface area contributed by atoms with Gasteiger partial charge in [-0.25, -0.2) is 8.42 Å². The molecule has 0 unspecified atom stereocenters. The van der Waals surface area contributed by atoms with Gasteiger partial charge in [-0.1, -0.05) is 29.8 Å². The zero-order valence-corrected chi connectivity index (χ0v) is 15.7. The second-order valence-electron chi connectivity index (χ2n) is 5.50. The molecule has 26 heavy (non-hydrogen) atoms. The zero-order valence-electron chi connectivity index (χ0n) is 14.1. The molecule has 0 saturated heterocycles. The Labute approximate surface area is 157 Å². The van der Waals surface area contributed by atoms with Crippen LogP contribution in [0.4, 0.5) is 5.82 Å². The lowest BCUT2D eigenvalue weighted by Gasteiger charge is -2.07. The number of nitrogens with zero attached hydrogens (tertiary/aromatic N) is 2. The molecule has 1 heterocycles. The first-order valence-corrected chi connectivity index (χ1v) is 9.86. The standard InChI is InChI=1S/C18H18ClN3O3S/c1-2-25-15-7-9-16(10-8-15)26(23,24)21-18-11-12-22(20-18)13-14-5-3-4-6-17(14)19/h3-12H,2,13H2,1H3,(H,20,21). The van der Waals surface area contributed by atoms with Gasteiger partial charge in [0.15, 0.2) is 5.82 Å². The largest absolute Gasteiger partial charge is 0.494 e. The zero-order chi connectivity index (χ0) is 18.6. The maximum atomic E-state index is 12.5. The van der Waals surface area contributed by atoms with Gasteiger partial charge in [-0.3, -0.25) is 9.40 Å². The van der Waals surface area contributed by atoms with Gasteiger partial charge in [0, 0.05) is 17.3 Å². The van der Waals surface area contributed by atoms with E-state index in [-0.39, 0.29) is 10.7 Å². The van der Waals surface area contributed by atoms with Crippen LogP contribution in [0.15, 0.2) is 65.7 Å². The third-order valence-corrected chi connectivity index (χ3v) is 5.35. The molecule has 0 aliphatic heterocycles. The van der Waals surface area contributed by atoms with Crippen molar-refractivity contribution in [1.29, 1.82) is 0 Å². The highest BCUT2D eigenvalue weighted by Crippen LogP contribution is 2.20. The molecule has 0 aliphatic carbocycles. The van der Waals surface area contributed by atoms with Crippen molar-refractivity contribution in [2.45, 2.75) is 18.4 Å². The van der Waals surface area contributed by atoms with Gasteiger partial charge in [-0.15, -0.1) is 0 Å². The molecule has 1 N–H and O–H groups in total. The molecule has 6 nitrogen and oxygen atoms in total. The van der Waals surface area contributed by atoms with E-state index in [0.717, 1.165) is 5.56 Å². The third-order valence-electron chi connectivity index (χ3n) is 3.61. The molecule has 3 rings (SSSR count). The minimum atomic E-state index is -3.72. The summed E-state index contributed by atoms with van der Waals surface area (Å²) in [5.74, 6) is 0.862. The fraction of sp³-hybridized carbons (Fsp3) is 0.167. The maximum Gasteiger partial charge on any atom is 0.263 e. The smallest absolute Gasteiger partial charge is 0.263 e. The van der Waals surface area contributed by atoms with E-state index in [4.69, 9.17) is 16.3 Å². The Balaban J connectivity index is 1.72.